The molecule has 1 heterocycles. The van der Waals surface area contributed by atoms with Crippen molar-refractivity contribution in [2.75, 3.05) is 0 Å². The zero-order valence-corrected chi connectivity index (χ0v) is 17.0. The third-order valence-corrected chi connectivity index (χ3v) is 11.5. The van der Waals surface area contributed by atoms with Crippen molar-refractivity contribution in [3.63, 3.8) is 0 Å². The van der Waals surface area contributed by atoms with Gasteiger partial charge in [0.15, 0.2) is 0 Å². The second-order valence-electron chi connectivity index (χ2n) is 9.30. The zero-order valence-electron chi connectivity index (χ0n) is 16.1. The molecular formula is C24H28NOP. The highest BCUT2D eigenvalue weighted by molar-refractivity contribution is 7.74. The van der Waals surface area contributed by atoms with Crippen molar-refractivity contribution < 1.29 is 4.57 Å². The highest BCUT2D eigenvalue weighted by atomic mass is 31.2. The Bertz CT molecular complexity index is 947. The molecule has 0 radical (unpaired) electrons. The van der Waals surface area contributed by atoms with E-state index in [1.54, 1.807) is 0 Å². The molecule has 3 aliphatic carbocycles. The smallest absolute Gasteiger partial charge is 0.125 e. The molecule has 140 valence electrons. The molecule has 5 unspecified atom stereocenters. The average molecular weight is 377 g/mol. The summed E-state index contributed by atoms with van der Waals surface area (Å²) in [5.41, 5.74) is 10.6. The maximum Gasteiger partial charge on any atom is 0.125 e. The predicted molar refractivity (Wildman–Crippen MR) is 113 cm³/mol. The van der Waals surface area contributed by atoms with Gasteiger partial charge >= 0.3 is 0 Å². The third-order valence-electron chi connectivity index (χ3n) is 7.77. The van der Waals surface area contributed by atoms with Crippen LogP contribution < -0.4 is 5.73 Å². The SMILES string of the molecule is CC1(C)C2CC1C1C(N)=C(c3ccccc3)P(=O)(Cc3ccccc3)C1C2. The highest BCUT2D eigenvalue weighted by Crippen LogP contribution is 2.79. The Morgan fingerprint density at radius 1 is 1.00 bits per heavy atom. The number of allylic oxidation sites excluding steroid dienone is 1. The Hall–Kier alpha value is -1.79. The summed E-state index contributed by atoms with van der Waals surface area (Å²) in [5, 5.41) is 0.991. The number of rotatable bonds is 3. The molecule has 2 aromatic rings. The van der Waals surface area contributed by atoms with E-state index in [4.69, 9.17) is 5.73 Å². The van der Waals surface area contributed by atoms with Crippen molar-refractivity contribution in [2.24, 2.45) is 28.9 Å². The van der Waals surface area contributed by atoms with E-state index in [0.29, 0.717) is 23.4 Å². The van der Waals surface area contributed by atoms with Crippen LogP contribution in [0.4, 0.5) is 0 Å². The summed E-state index contributed by atoms with van der Waals surface area (Å²) in [6, 6.07) is 20.6. The molecule has 0 amide bonds. The molecule has 0 aromatic heterocycles. The van der Waals surface area contributed by atoms with E-state index in [-0.39, 0.29) is 11.6 Å². The van der Waals surface area contributed by atoms with Crippen LogP contribution in [0, 0.1) is 23.2 Å². The van der Waals surface area contributed by atoms with E-state index >= 15 is 0 Å². The van der Waals surface area contributed by atoms with E-state index in [1.807, 2.05) is 36.4 Å². The van der Waals surface area contributed by atoms with Crippen LogP contribution >= 0.6 is 7.14 Å². The van der Waals surface area contributed by atoms with Crippen LogP contribution in [0.5, 0.6) is 0 Å². The minimum Gasteiger partial charge on any atom is -0.401 e. The molecule has 0 spiro atoms. The molecule has 4 aliphatic rings. The maximum absolute atomic E-state index is 14.7. The first-order chi connectivity index (χ1) is 12.9. The summed E-state index contributed by atoms with van der Waals surface area (Å²) < 4.78 is 14.7. The van der Waals surface area contributed by atoms with Crippen LogP contribution in [-0.4, -0.2) is 5.66 Å². The van der Waals surface area contributed by atoms with Gasteiger partial charge in [-0.1, -0.05) is 74.5 Å². The van der Waals surface area contributed by atoms with Crippen LogP contribution in [0.15, 0.2) is 66.4 Å². The number of hydrogen-bond acceptors (Lipinski definition) is 2. The van der Waals surface area contributed by atoms with E-state index < -0.39 is 7.14 Å². The molecule has 5 atom stereocenters. The van der Waals surface area contributed by atoms with Gasteiger partial charge in [-0.05, 0) is 41.2 Å². The van der Waals surface area contributed by atoms with Gasteiger partial charge in [-0.15, -0.1) is 0 Å². The van der Waals surface area contributed by atoms with E-state index in [0.717, 1.165) is 23.0 Å². The van der Waals surface area contributed by atoms with E-state index in [1.165, 1.54) is 12.0 Å². The fourth-order valence-electron chi connectivity index (χ4n) is 6.20. The minimum atomic E-state index is -2.62. The summed E-state index contributed by atoms with van der Waals surface area (Å²) in [4.78, 5) is 0. The van der Waals surface area contributed by atoms with Crippen molar-refractivity contribution in [2.45, 2.75) is 38.5 Å². The van der Waals surface area contributed by atoms with Gasteiger partial charge in [0.1, 0.15) is 7.14 Å². The van der Waals surface area contributed by atoms with Crippen LogP contribution in [-0.2, 0) is 10.7 Å². The van der Waals surface area contributed by atoms with Crippen LogP contribution in [0.2, 0.25) is 0 Å². The second kappa shape index (κ2) is 5.85. The van der Waals surface area contributed by atoms with Gasteiger partial charge in [0.2, 0.25) is 0 Å². The molecule has 3 saturated carbocycles. The first-order valence-electron chi connectivity index (χ1n) is 10.1. The minimum absolute atomic E-state index is 0.227. The van der Waals surface area contributed by atoms with E-state index in [9.17, 15) is 4.57 Å². The summed E-state index contributed by atoms with van der Waals surface area (Å²) in [6.07, 6.45) is 2.96. The van der Waals surface area contributed by atoms with Crippen molar-refractivity contribution >= 4 is 12.5 Å². The Morgan fingerprint density at radius 3 is 2.26 bits per heavy atom. The van der Waals surface area contributed by atoms with Crippen molar-refractivity contribution in [3.05, 3.63) is 77.5 Å². The molecule has 1 aliphatic heterocycles. The molecule has 2 N–H and O–H groups in total. The lowest BCUT2D eigenvalue weighted by Gasteiger charge is -2.62. The summed E-state index contributed by atoms with van der Waals surface area (Å²) in [5.74, 6) is 1.55. The van der Waals surface area contributed by atoms with Gasteiger partial charge in [-0.2, -0.15) is 0 Å². The van der Waals surface area contributed by atoms with Gasteiger partial charge in [0.25, 0.3) is 0 Å². The third kappa shape index (κ3) is 2.36. The Balaban J connectivity index is 1.65. The zero-order chi connectivity index (χ0) is 18.8. The Labute approximate surface area is 162 Å². The lowest BCUT2D eigenvalue weighted by molar-refractivity contribution is -0.0903. The fourth-order valence-corrected chi connectivity index (χ4v) is 10.3. The highest BCUT2D eigenvalue weighted by Gasteiger charge is 2.65. The summed E-state index contributed by atoms with van der Waals surface area (Å²) in [6.45, 7) is 4.77. The maximum atomic E-state index is 14.7. The predicted octanol–water partition coefficient (Wildman–Crippen LogP) is 5.94. The molecule has 0 saturated heterocycles. The lowest BCUT2D eigenvalue weighted by atomic mass is 9.45. The molecule has 3 fully saturated rings. The number of hydrogen-bond donors (Lipinski definition) is 1. The molecule has 27 heavy (non-hydrogen) atoms. The number of benzene rings is 2. The number of nitrogens with two attached hydrogens (primary N) is 1. The Kier molecular flexibility index (Phi) is 3.75. The molecule has 2 bridgehead atoms. The van der Waals surface area contributed by atoms with Gasteiger partial charge in [0.05, 0.1) is 0 Å². The fraction of sp³-hybridized carbons (Fsp3) is 0.417. The molecule has 6 rings (SSSR count). The standard InChI is InChI=1S/C24H28NOP/c1-24(2)18-13-19(24)21-20(14-18)27(26,15-16-9-5-3-6-10-16)23(22(21)25)17-11-7-4-8-12-17/h3-12,18-21H,13-15,25H2,1-2H3. The van der Waals surface area contributed by atoms with Crippen LogP contribution in [0.3, 0.4) is 0 Å². The van der Waals surface area contributed by atoms with Crippen molar-refractivity contribution in [3.8, 4) is 0 Å². The van der Waals surface area contributed by atoms with Crippen LogP contribution in [0.1, 0.15) is 37.8 Å². The lowest BCUT2D eigenvalue weighted by Crippen LogP contribution is -2.57. The quantitative estimate of drug-likeness (QED) is 0.673. The second-order valence-corrected chi connectivity index (χ2v) is 12.3. The first kappa shape index (κ1) is 17.3. The molecule has 2 aromatic carbocycles. The summed E-state index contributed by atoms with van der Waals surface area (Å²) in [7, 11) is -2.62. The monoisotopic (exact) mass is 377 g/mol. The topological polar surface area (TPSA) is 43.1 Å². The van der Waals surface area contributed by atoms with Gasteiger partial charge in [0, 0.05) is 28.8 Å². The molecule has 2 nitrogen and oxygen atoms in total. The Morgan fingerprint density at radius 2 is 1.63 bits per heavy atom. The van der Waals surface area contributed by atoms with Gasteiger partial charge in [-0.25, -0.2) is 0 Å². The molecule has 3 heteroatoms. The van der Waals surface area contributed by atoms with Gasteiger partial charge in [-0.3, -0.25) is 0 Å². The normalized spacial score (nSPS) is 36.2. The van der Waals surface area contributed by atoms with Crippen molar-refractivity contribution in [1.82, 2.24) is 0 Å². The molecular weight excluding hydrogens is 349 g/mol. The van der Waals surface area contributed by atoms with Crippen molar-refractivity contribution in [1.29, 1.82) is 0 Å². The average Bonchev–Trinajstić information content (AvgIpc) is 2.90. The van der Waals surface area contributed by atoms with E-state index in [2.05, 4.69) is 38.1 Å². The summed E-state index contributed by atoms with van der Waals surface area (Å²) >= 11 is 0. The van der Waals surface area contributed by atoms with Gasteiger partial charge < -0.3 is 10.3 Å². The van der Waals surface area contributed by atoms with Crippen LogP contribution in [0.25, 0.3) is 5.31 Å². The largest absolute Gasteiger partial charge is 0.401 e. The first-order valence-corrected chi connectivity index (χ1v) is 12.1.